The van der Waals surface area contributed by atoms with Crippen molar-refractivity contribution in [2.45, 2.75) is 58.4 Å². The Morgan fingerprint density at radius 3 is 2.69 bits per heavy atom. The molecule has 0 aliphatic carbocycles. The van der Waals surface area contributed by atoms with Gasteiger partial charge in [0.05, 0.1) is 25.4 Å². The maximum atomic E-state index is 12.8. The zero-order valence-corrected chi connectivity index (χ0v) is 15.9. The van der Waals surface area contributed by atoms with Gasteiger partial charge in [0.2, 0.25) is 0 Å². The normalized spacial score (nSPS) is 23.4. The SMILES string of the molecule is CC1CN(C(=O)OC(C)(C)C)Cc2c1nn1c2C(=O)N(C)OC(CO)C1. The molecule has 1 N–H and O–H groups in total. The Labute approximate surface area is 152 Å². The Balaban J connectivity index is 1.96. The molecule has 2 amide bonds. The molecule has 1 aromatic rings. The number of nitrogens with zero attached hydrogens (tertiary/aromatic N) is 4. The molecule has 0 aromatic carbocycles. The van der Waals surface area contributed by atoms with Crippen LogP contribution in [0, 0.1) is 0 Å². The van der Waals surface area contributed by atoms with Gasteiger partial charge in [-0.25, -0.2) is 9.86 Å². The highest BCUT2D eigenvalue weighted by Crippen LogP contribution is 2.32. The smallest absolute Gasteiger partial charge is 0.410 e. The number of carbonyl (C=O) groups excluding carboxylic acids is 2. The molecule has 9 heteroatoms. The fourth-order valence-corrected chi connectivity index (χ4v) is 3.32. The molecule has 0 saturated carbocycles. The summed E-state index contributed by atoms with van der Waals surface area (Å²) in [5, 5.41) is 15.2. The monoisotopic (exact) mass is 366 g/mol. The standard InChI is InChI=1S/C17H26N4O5/c1-10-6-20(16(24)25-17(2,3)4)8-12-13(10)18-21-7-11(9-22)26-19(5)15(23)14(12)21/h10-11,22H,6-9H2,1-5H3. The van der Waals surface area contributed by atoms with Crippen molar-refractivity contribution in [3.63, 3.8) is 0 Å². The summed E-state index contributed by atoms with van der Waals surface area (Å²) in [5.41, 5.74) is 1.33. The van der Waals surface area contributed by atoms with Crippen molar-refractivity contribution in [1.82, 2.24) is 19.7 Å². The summed E-state index contributed by atoms with van der Waals surface area (Å²) in [6.07, 6.45) is -0.960. The molecule has 2 aliphatic rings. The lowest BCUT2D eigenvalue weighted by Crippen LogP contribution is -2.41. The third-order valence-corrected chi connectivity index (χ3v) is 4.42. The Morgan fingerprint density at radius 2 is 2.08 bits per heavy atom. The Morgan fingerprint density at radius 1 is 1.38 bits per heavy atom. The average molecular weight is 366 g/mol. The van der Waals surface area contributed by atoms with E-state index < -0.39 is 17.8 Å². The van der Waals surface area contributed by atoms with E-state index in [4.69, 9.17) is 9.57 Å². The first-order valence-corrected chi connectivity index (χ1v) is 8.74. The van der Waals surface area contributed by atoms with Crippen molar-refractivity contribution in [2.75, 3.05) is 20.2 Å². The molecule has 26 heavy (non-hydrogen) atoms. The zero-order chi connectivity index (χ0) is 19.2. The van der Waals surface area contributed by atoms with E-state index in [9.17, 15) is 14.7 Å². The van der Waals surface area contributed by atoms with Gasteiger partial charge in [0.1, 0.15) is 17.4 Å². The molecule has 0 saturated heterocycles. The molecule has 1 aromatic heterocycles. The molecule has 0 fully saturated rings. The number of hydrogen-bond donors (Lipinski definition) is 1. The van der Waals surface area contributed by atoms with Crippen LogP contribution in [0.3, 0.4) is 0 Å². The van der Waals surface area contributed by atoms with Crippen molar-refractivity contribution < 1.29 is 24.3 Å². The van der Waals surface area contributed by atoms with Crippen molar-refractivity contribution in [3.8, 4) is 0 Å². The number of fused-ring (bicyclic) bond motifs is 3. The molecule has 2 atom stereocenters. The first-order chi connectivity index (χ1) is 12.1. The highest BCUT2D eigenvalue weighted by atomic mass is 16.7. The number of aromatic nitrogens is 2. The Bertz CT molecular complexity index is 723. The molecule has 3 rings (SSSR count). The lowest BCUT2D eigenvalue weighted by molar-refractivity contribution is -0.159. The van der Waals surface area contributed by atoms with E-state index in [2.05, 4.69) is 5.10 Å². The van der Waals surface area contributed by atoms with Gasteiger partial charge in [-0.2, -0.15) is 5.10 Å². The minimum absolute atomic E-state index is 0.0303. The van der Waals surface area contributed by atoms with Crippen LogP contribution in [0.4, 0.5) is 4.79 Å². The second-order valence-corrected chi connectivity index (χ2v) is 7.87. The number of hydrogen-bond acceptors (Lipinski definition) is 6. The van der Waals surface area contributed by atoms with Gasteiger partial charge in [-0.1, -0.05) is 6.92 Å². The van der Waals surface area contributed by atoms with Crippen LogP contribution in [0.25, 0.3) is 0 Å². The van der Waals surface area contributed by atoms with Gasteiger partial charge < -0.3 is 14.7 Å². The van der Waals surface area contributed by atoms with Crippen LogP contribution in [0.5, 0.6) is 0 Å². The third-order valence-electron chi connectivity index (χ3n) is 4.42. The number of carbonyl (C=O) groups is 2. The summed E-state index contributed by atoms with van der Waals surface area (Å²) in [4.78, 5) is 32.3. The predicted molar refractivity (Wildman–Crippen MR) is 91.3 cm³/mol. The molecule has 2 unspecified atom stereocenters. The molecule has 0 spiro atoms. The minimum Gasteiger partial charge on any atom is -0.444 e. The molecular formula is C17H26N4O5. The van der Waals surface area contributed by atoms with Gasteiger partial charge in [-0.15, -0.1) is 0 Å². The fourth-order valence-electron chi connectivity index (χ4n) is 3.32. The second kappa shape index (κ2) is 6.55. The van der Waals surface area contributed by atoms with E-state index in [1.54, 1.807) is 9.58 Å². The van der Waals surface area contributed by atoms with Gasteiger partial charge in [0.15, 0.2) is 0 Å². The quantitative estimate of drug-likeness (QED) is 0.800. The highest BCUT2D eigenvalue weighted by Gasteiger charge is 2.38. The minimum atomic E-state index is -0.589. The van der Waals surface area contributed by atoms with E-state index in [-0.39, 0.29) is 31.5 Å². The molecule has 0 bridgehead atoms. The summed E-state index contributed by atoms with van der Waals surface area (Å²) < 4.78 is 7.06. The van der Waals surface area contributed by atoms with Crippen molar-refractivity contribution in [3.05, 3.63) is 17.0 Å². The van der Waals surface area contributed by atoms with E-state index >= 15 is 0 Å². The zero-order valence-electron chi connectivity index (χ0n) is 15.9. The average Bonchev–Trinajstić information content (AvgIpc) is 2.84. The summed E-state index contributed by atoms with van der Waals surface area (Å²) in [7, 11) is 1.51. The van der Waals surface area contributed by atoms with Crippen LogP contribution in [0.1, 0.15) is 55.4 Å². The second-order valence-electron chi connectivity index (χ2n) is 7.87. The van der Waals surface area contributed by atoms with Crippen LogP contribution >= 0.6 is 0 Å². The Hall–Kier alpha value is -2.13. The summed E-state index contributed by atoms with van der Waals surface area (Å²) >= 11 is 0. The van der Waals surface area contributed by atoms with E-state index in [0.717, 1.165) is 10.8 Å². The summed E-state index contributed by atoms with van der Waals surface area (Å²) in [5.74, 6) is -0.370. The van der Waals surface area contributed by atoms with Crippen LogP contribution < -0.4 is 0 Å². The fraction of sp³-hybridized carbons (Fsp3) is 0.706. The molecule has 0 radical (unpaired) electrons. The Kier molecular flexibility index (Phi) is 4.70. The number of ether oxygens (including phenoxy) is 1. The lowest BCUT2D eigenvalue weighted by atomic mass is 9.96. The molecule has 144 valence electrons. The van der Waals surface area contributed by atoms with E-state index in [1.807, 2.05) is 27.7 Å². The number of aliphatic hydroxyl groups is 1. The number of aliphatic hydroxyl groups excluding tert-OH is 1. The van der Waals surface area contributed by atoms with Gasteiger partial charge in [-0.05, 0) is 20.8 Å². The number of amides is 2. The molecule has 2 aliphatic heterocycles. The van der Waals surface area contributed by atoms with Gasteiger partial charge in [0.25, 0.3) is 5.91 Å². The molecule has 9 nitrogen and oxygen atoms in total. The summed E-state index contributed by atoms with van der Waals surface area (Å²) in [6.45, 7) is 8.21. The maximum Gasteiger partial charge on any atom is 0.410 e. The molecule has 3 heterocycles. The van der Waals surface area contributed by atoms with E-state index in [0.29, 0.717) is 17.8 Å². The van der Waals surface area contributed by atoms with Crippen molar-refractivity contribution >= 4 is 12.0 Å². The first kappa shape index (κ1) is 18.7. The van der Waals surface area contributed by atoms with Crippen LogP contribution in [-0.2, 0) is 22.7 Å². The maximum absolute atomic E-state index is 12.8. The summed E-state index contributed by atoms with van der Waals surface area (Å²) in [6, 6.07) is 0. The highest BCUT2D eigenvalue weighted by molar-refractivity contribution is 5.94. The van der Waals surface area contributed by atoms with Gasteiger partial charge >= 0.3 is 6.09 Å². The van der Waals surface area contributed by atoms with Gasteiger partial charge in [-0.3, -0.25) is 14.3 Å². The third kappa shape index (κ3) is 3.41. The largest absolute Gasteiger partial charge is 0.444 e. The van der Waals surface area contributed by atoms with E-state index in [1.165, 1.54) is 7.05 Å². The van der Waals surface area contributed by atoms with Crippen molar-refractivity contribution in [2.24, 2.45) is 0 Å². The molecular weight excluding hydrogens is 340 g/mol. The first-order valence-electron chi connectivity index (χ1n) is 8.74. The van der Waals surface area contributed by atoms with Gasteiger partial charge in [0, 0.05) is 25.1 Å². The number of hydroxylamine groups is 2. The van der Waals surface area contributed by atoms with Crippen LogP contribution in [0.15, 0.2) is 0 Å². The number of rotatable bonds is 1. The van der Waals surface area contributed by atoms with Crippen LogP contribution in [-0.4, -0.2) is 68.8 Å². The predicted octanol–water partition coefficient (Wildman–Crippen LogP) is 1.12. The van der Waals surface area contributed by atoms with Crippen molar-refractivity contribution in [1.29, 1.82) is 0 Å². The lowest BCUT2D eigenvalue weighted by Gasteiger charge is -2.32. The van der Waals surface area contributed by atoms with Crippen LogP contribution in [0.2, 0.25) is 0 Å². The topological polar surface area (TPSA) is 97.1 Å².